The van der Waals surface area contributed by atoms with Crippen molar-refractivity contribution in [2.45, 2.75) is 31.8 Å². The van der Waals surface area contributed by atoms with E-state index in [1.807, 2.05) is 43.3 Å². The van der Waals surface area contributed by atoms with Crippen molar-refractivity contribution < 1.29 is 14.0 Å². The maximum absolute atomic E-state index is 12.1. The van der Waals surface area contributed by atoms with Crippen molar-refractivity contribution in [1.29, 1.82) is 0 Å². The Morgan fingerprint density at radius 3 is 2.59 bits per heavy atom. The Hall–Kier alpha value is -2.31. The minimum atomic E-state index is -0.801. The molecule has 1 aromatic carbocycles. The highest BCUT2D eigenvalue weighted by molar-refractivity contribution is 6.33. The lowest BCUT2D eigenvalue weighted by Gasteiger charge is -2.38. The van der Waals surface area contributed by atoms with Crippen LogP contribution in [0.2, 0.25) is 5.02 Å². The second-order valence-electron chi connectivity index (χ2n) is 7.41. The van der Waals surface area contributed by atoms with E-state index in [9.17, 15) is 9.59 Å². The molecule has 2 N–H and O–H groups in total. The summed E-state index contributed by atoms with van der Waals surface area (Å²) in [5, 5.41) is 5.81. The van der Waals surface area contributed by atoms with Gasteiger partial charge >= 0.3 is 6.03 Å². The van der Waals surface area contributed by atoms with Crippen LogP contribution in [0.25, 0.3) is 11.3 Å². The Morgan fingerprint density at radius 2 is 1.93 bits per heavy atom. The van der Waals surface area contributed by atoms with Crippen LogP contribution in [0.15, 0.2) is 40.8 Å². The zero-order valence-corrected chi connectivity index (χ0v) is 15.9. The van der Waals surface area contributed by atoms with Crippen LogP contribution in [0.5, 0.6) is 0 Å². The molecule has 0 spiro atoms. The van der Waals surface area contributed by atoms with Gasteiger partial charge in [-0.3, -0.25) is 15.0 Å². The molecule has 4 rings (SSSR count). The van der Waals surface area contributed by atoms with Gasteiger partial charge in [0, 0.05) is 5.56 Å². The normalized spacial score (nSPS) is 24.1. The Labute approximate surface area is 162 Å². The number of urea groups is 1. The standard InChI is InChI=1S/C20H22ClN3O3/c1-20(18(25)22-19(26)23-20)13-8-10-24(11-9-13)12-14-6-7-17(27-14)15-4-2-3-5-16(15)21/h2-7,13H,8-12H2,1H3,(H2,22,23,25,26). The van der Waals surface area contributed by atoms with Crippen LogP contribution in [-0.2, 0) is 11.3 Å². The number of carbonyl (C=O) groups is 2. The first-order valence-corrected chi connectivity index (χ1v) is 9.53. The summed E-state index contributed by atoms with van der Waals surface area (Å²) in [6.07, 6.45) is 1.70. The molecule has 1 unspecified atom stereocenters. The number of benzene rings is 1. The maximum atomic E-state index is 12.1. The van der Waals surface area contributed by atoms with Crippen LogP contribution in [0.1, 0.15) is 25.5 Å². The second kappa shape index (κ2) is 7.02. The molecular formula is C20H22ClN3O3. The molecule has 0 saturated carbocycles. The van der Waals surface area contributed by atoms with E-state index in [4.69, 9.17) is 16.0 Å². The van der Waals surface area contributed by atoms with Crippen molar-refractivity contribution in [2.75, 3.05) is 13.1 Å². The average molecular weight is 388 g/mol. The van der Waals surface area contributed by atoms with Gasteiger partial charge < -0.3 is 9.73 Å². The molecule has 2 saturated heterocycles. The Bertz CT molecular complexity index is 873. The second-order valence-corrected chi connectivity index (χ2v) is 7.81. The van der Waals surface area contributed by atoms with Crippen LogP contribution in [0, 0.1) is 5.92 Å². The summed E-state index contributed by atoms with van der Waals surface area (Å²) in [4.78, 5) is 25.9. The third-order valence-corrected chi connectivity index (χ3v) is 5.99. The topological polar surface area (TPSA) is 74.6 Å². The fourth-order valence-electron chi connectivity index (χ4n) is 4.00. The average Bonchev–Trinajstić information content (AvgIpc) is 3.20. The quantitative estimate of drug-likeness (QED) is 0.788. The molecule has 3 amide bonds. The number of hydrogen-bond donors (Lipinski definition) is 2. The van der Waals surface area contributed by atoms with Gasteiger partial charge in [0.1, 0.15) is 17.1 Å². The molecule has 3 heterocycles. The third kappa shape index (κ3) is 3.47. The van der Waals surface area contributed by atoms with E-state index in [0.29, 0.717) is 11.6 Å². The molecule has 6 nitrogen and oxygen atoms in total. The largest absolute Gasteiger partial charge is 0.460 e. The summed E-state index contributed by atoms with van der Waals surface area (Å²) in [7, 11) is 0. The van der Waals surface area contributed by atoms with Crippen molar-refractivity contribution >= 4 is 23.5 Å². The molecule has 0 radical (unpaired) electrons. The number of halogens is 1. The number of nitrogens with zero attached hydrogens (tertiary/aromatic N) is 1. The number of rotatable bonds is 4. The fourth-order valence-corrected chi connectivity index (χ4v) is 4.23. The lowest BCUT2D eigenvalue weighted by Crippen LogP contribution is -2.53. The molecule has 142 valence electrons. The Kier molecular flexibility index (Phi) is 4.70. The van der Waals surface area contributed by atoms with E-state index in [2.05, 4.69) is 15.5 Å². The molecule has 2 aliphatic heterocycles. The van der Waals surface area contributed by atoms with Crippen molar-refractivity contribution in [3.8, 4) is 11.3 Å². The molecule has 1 atom stereocenters. The highest BCUT2D eigenvalue weighted by Crippen LogP contribution is 2.32. The first-order valence-electron chi connectivity index (χ1n) is 9.15. The van der Waals surface area contributed by atoms with Gasteiger partial charge in [-0.25, -0.2) is 4.79 Å². The first-order chi connectivity index (χ1) is 13.0. The summed E-state index contributed by atoms with van der Waals surface area (Å²) in [5.74, 6) is 1.57. The molecular weight excluding hydrogens is 366 g/mol. The van der Waals surface area contributed by atoms with Gasteiger partial charge in [0.25, 0.3) is 5.91 Å². The van der Waals surface area contributed by atoms with Gasteiger partial charge in [-0.1, -0.05) is 23.7 Å². The lowest BCUT2D eigenvalue weighted by atomic mass is 9.79. The third-order valence-electron chi connectivity index (χ3n) is 5.66. The first kappa shape index (κ1) is 18.1. The highest BCUT2D eigenvalue weighted by atomic mass is 35.5. The fraction of sp³-hybridized carbons (Fsp3) is 0.400. The zero-order valence-electron chi connectivity index (χ0n) is 15.1. The van der Waals surface area contributed by atoms with Gasteiger partial charge in [0.15, 0.2) is 0 Å². The molecule has 0 aliphatic carbocycles. The van der Waals surface area contributed by atoms with E-state index in [-0.39, 0.29) is 11.8 Å². The summed E-state index contributed by atoms with van der Waals surface area (Å²) in [5.41, 5.74) is 0.0884. The number of likely N-dealkylation sites (tertiary alicyclic amines) is 1. The van der Waals surface area contributed by atoms with Gasteiger partial charge in [0.2, 0.25) is 0 Å². The molecule has 7 heteroatoms. The van der Waals surface area contributed by atoms with E-state index in [0.717, 1.165) is 43.0 Å². The summed E-state index contributed by atoms with van der Waals surface area (Å²) >= 11 is 6.24. The number of furan rings is 1. The van der Waals surface area contributed by atoms with E-state index in [1.54, 1.807) is 0 Å². The molecule has 27 heavy (non-hydrogen) atoms. The van der Waals surface area contributed by atoms with E-state index in [1.165, 1.54) is 0 Å². The minimum absolute atomic E-state index is 0.135. The molecule has 0 bridgehead atoms. The predicted molar refractivity (Wildman–Crippen MR) is 102 cm³/mol. The van der Waals surface area contributed by atoms with Gasteiger partial charge in [-0.15, -0.1) is 0 Å². The van der Waals surface area contributed by atoms with Crippen molar-refractivity contribution in [3.63, 3.8) is 0 Å². The van der Waals surface area contributed by atoms with Crippen LogP contribution >= 0.6 is 11.6 Å². The van der Waals surface area contributed by atoms with Crippen LogP contribution in [0.4, 0.5) is 4.79 Å². The number of piperidine rings is 1. The SMILES string of the molecule is CC1(C2CCN(Cc3ccc(-c4ccccc4Cl)o3)CC2)NC(=O)NC1=O. The molecule has 2 aromatic rings. The number of imide groups is 1. The van der Waals surface area contributed by atoms with Gasteiger partial charge in [-0.2, -0.15) is 0 Å². The summed E-state index contributed by atoms with van der Waals surface area (Å²) in [6, 6.07) is 11.2. The predicted octanol–water partition coefficient (Wildman–Crippen LogP) is 3.41. The smallest absolute Gasteiger partial charge is 0.322 e. The zero-order chi connectivity index (χ0) is 19.0. The summed E-state index contributed by atoms with van der Waals surface area (Å²) in [6.45, 7) is 4.24. The number of amides is 3. The highest BCUT2D eigenvalue weighted by Gasteiger charge is 2.48. The van der Waals surface area contributed by atoms with Gasteiger partial charge in [0.05, 0.1) is 11.6 Å². The molecule has 2 aliphatic rings. The van der Waals surface area contributed by atoms with Crippen LogP contribution in [-0.4, -0.2) is 35.5 Å². The number of hydrogen-bond acceptors (Lipinski definition) is 4. The van der Waals surface area contributed by atoms with Crippen LogP contribution in [0.3, 0.4) is 0 Å². The van der Waals surface area contributed by atoms with Crippen molar-refractivity contribution in [2.24, 2.45) is 5.92 Å². The van der Waals surface area contributed by atoms with Crippen LogP contribution < -0.4 is 10.6 Å². The van der Waals surface area contributed by atoms with Gasteiger partial charge in [-0.05, 0) is 63.0 Å². The monoisotopic (exact) mass is 387 g/mol. The lowest BCUT2D eigenvalue weighted by molar-refractivity contribution is -0.126. The maximum Gasteiger partial charge on any atom is 0.322 e. The Morgan fingerprint density at radius 1 is 1.19 bits per heavy atom. The van der Waals surface area contributed by atoms with E-state index < -0.39 is 11.6 Å². The Balaban J connectivity index is 1.37. The van der Waals surface area contributed by atoms with Crippen molar-refractivity contribution in [3.05, 3.63) is 47.2 Å². The van der Waals surface area contributed by atoms with Crippen molar-refractivity contribution in [1.82, 2.24) is 15.5 Å². The summed E-state index contributed by atoms with van der Waals surface area (Å²) < 4.78 is 5.98. The molecule has 1 aromatic heterocycles. The molecule has 2 fully saturated rings. The minimum Gasteiger partial charge on any atom is -0.460 e. The van der Waals surface area contributed by atoms with E-state index >= 15 is 0 Å². The number of nitrogens with one attached hydrogen (secondary N) is 2. The number of carbonyl (C=O) groups excluding carboxylic acids is 2.